The third kappa shape index (κ3) is 6.62. The highest BCUT2D eigenvalue weighted by Gasteiger charge is 2.27. The maximum atomic E-state index is 11.8. The lowest BCUT2D eigenvalue weighted by Crippen LogP contribution is -2.49. The molecule has 0 heterocycles. The van der Waals surface area contributed by atoms with Crippen LogP contribution in [0.4, 0.5) is 18.0 Å². The molecule has 20 heavy (non-hydrogen) atoms. The molecule has 0 aromatic heterocycles. The minimum Gasteiger partial charge on any atom is -0.328 e. The van der Waals surface area contributed by atoms with Crippen LogP contribution in [0.3, 0.4) is 0 Å². The average Bonchev–Trinajstić information content (AvgIpc) is 2.36. The van der Waals surface area contributed by atoms with Crippen LogP contribution in [-0.2, 0) is 11.2 Å². The highest BCUT2D eigenvalue weighted by atomic mass is 19.4. The molecule has 3 amide bonds. The predicted molar refractivity (Wildman–Crippen MR) is 65.6 cm³/mol. The van der Waals surface area contributed by atoms with E-state index in [-0.39, 0.29) is 6.42 Å². The number of aryl methyl sites for hydroxylation is 1. The van der Waals surface area contributed by atoms with E-state index in [0.717, 1.165) is 11.1 Å². The molecule has 0 aliphatic rings. The Hall–Kier alpha value is -2.25. The van der Waals surface area contributed by atoms with Crippen LogP contribution in [0.5, 0.6) is 0 Å². The Morgan fingerprint density at radius 3 is 2.25 bits per heavy atom. The van der Waals surface area contributed by atoms with E-state index in [1.807, 2.05) is 29.9 Å². The number of hydrogen-bond donors (Lipinski definition) is 3. The third-order valence-electron chi connectivity index (χ3n) is 2.25. The lowest BCUT2D eigenvalue weighted by molar-refractivity contribution is -0.122. The number of amides is 3. The smallest absolute Gasteiger partial charge is 0.328 e. The first-order chi connectivity index (χ1) is 9.26. The minimum atomic E-state index is -4.50. The first-order valence-electron chi connectivity index (χ1n) is 5.71. The number of nitrogens with one attached hydrogen (secondary N) is 3. The summed E-state index contributed by atoms with van der Waals surface area (Å²) in [5, 5.41) is 1.56. The molecule has 3 N–H and O–H groups in total. The van der Waals surface area contributed by atoms with Gasteiger partial charge in [0.25, 0.3) is 0 Å². The zero-order valence-electron chi connectivity index (χ0n) is 10.7. The van der Waals surface area contributed by atoms with Gasteiger partial charge in [-0.05, 0) is 12.5 Å². The summed E-state index contributed by atoms with van der Waals surface area (Å²) < 4.78 is 35.4. The van der Waals surface area contributed by atoms with E-state index in [1.54, 1.807) is 17.4 Å². The third-order valence-corrected chi connectivity index (χ3v) is 2.25. The van der Waals surface area contributed by atoms with Crippen LogP contribution < -0.4 is 16.2 Å². The van der Waals surface area contributed by atoms with Gasteiger partial charge in [0.2, 0.25) is 5.91 Å². The van der Waals surface area contributed by atoms with E-state index >= 15 is 0 Å². The predicted octanol–water partition coefficient (Wildman–Crippen LogP) is 1.43. The van der Waals surface area contributed by atoms with Crippen LogP contribution in [0.25, 0.3) is 0 Å². The molecule has 0 spiro atoms. The van der Waals surface area contributed by atoms with Crippen molar-refractivity contribution in [1.29, 1.82) is 0 Å². The lowest BCUT2D eigenvalue weighted by atomic mass is 10.1. The van der Waals surface area contributed by atoms with E-state index in [1.165, 1.54) is 0 Å². The first kappa shape index (κ1) is 15.8. The molecule has 0 atom stereocenters. The average molecular weight is 289 g/mol. The summed E-state index contributed by atoms with van der Waals surface area (Å²) in [4.78, 5) is 22.4. The van der Waals surface area contributed by atoms with Crippen molar-refractivity contribution in [2.45, 2.75) is 19.5 Å². The Morgan fingerprint density at radius 1 is 1.10 bits per heavy atom. The van der Waals surface area contributed by atoms with Gasteiger partial charge >= 0.3 is 12.2 Å². The van der Waals surface area contributed by atoms with E-state index < -0.39 is 24.7 Å². The van der Waals surface area contributed by atoms with E-state index in [4.69, 9.17) is 0 Å². The minimum absolute atomic E-state index is 0.0137. The molecule has 0 unspecified atom stereocenters. The molecule has 0 aliphatic heterocycles. The van der Waals surface area contributed by atoms with Gasteiger partial charge < -0.3 is 5.32 Å². The molecule has 1 rings (SSSR count). The molecule has 0 aliphatic carbocycles. The number of urea groups is 1. The van der Waals surface area contributed by atoms with Gasteiger partial charge in [-0.3, -0.25) is 10.2 Å². The van der Waals surface area contributed by atoms with E-state index in [9.17, 15) is 22.8 Å². The fourth-order valence-corrected chi connectivity index (χ4v) is 1.29. The Balaban J connectivity index is 2.29. The summed E-state index contributed by atoms with van der Waals surface area (Å²) in [6.07, 6.45) is -4.48. The summed E-state index contributed by atoms with van der Waals surface area (Å²) >= 11 is 0. The van der Waals surface area contributed by atoms with Crippen molar-refractivity contribution in [3.05, 3.63) is 35.4 Å². The maximum Gasteiger partial charge on any atom is 0.405 e. The fourth-order valence-electron chi connectivity index (χ4n) is 1.29. The fraction of sp³-hybridized carbons (Fsp3) is 0.333. The second kappa shape index (κ2) is 6.78. The standard InChI is InChI=1S/C12H14F3N3O2/c1-8-2-4-9(5-3-8)6-10(19)17-18-11(20)16-7-12(13,14)15/h2-5H,6-7H2,1H3,(H,17,19)(H2,16,18,20). The van der Waals surface area contributed by atoms with E-state index in [0.29, 0.717) is 0 Å². The number of carbonyl (C=O) groups excluding carboxylic acids is 2. The van der Waals surface area contributed by atoms with Crippen LogP contribution in [-0.4, -0.2) is 24.7 Å². The number of hydrazine groups is 1. The van der Waals surface area contributed by atoms with Crippen molar-refractivity contribution in [2.75, 3.05) is 6.54 Å². The number of halogens is 3. The number of alkyl halides is 3. The van der Waals surface area contributed by atoms with Gasteiger partial charge in [0.15, 0.2) is 0 Å². The van der Waals surface area contributed by atoms with Gasteiger partial charge in [-0.25, -0.2) is 10.2 Å². The summed E-state index contributed by atoms with van der Waals surface area (Å²) in [5.74, 6) is -0.531. The number of carbonyl (C=O) groups is 2. The number of rotatable bonds is 3. The van der Waals surface area contributed by atoms with Crippen molar-refractivity contribution >= 4 is 11.9 Å². The van der Waals surface area contributed by atoms with Gasteiger partial charge in [-0.15, -0.1) is 0 Å². The Morgan fingerprint density at radius 2 is 1.70 bits per heavy atom. The summed E-state index contributed by atoms with van der Waals surface area (Å²) in [5.41, 5.74) is 5.62. The van der Waals surface area contributed by atoms with Crippen LogP contribution in [0.1, 0.15) is 11.1 Å². The van der Waals surface area contributed by atoms with Crippen molar-refractivity contribution in [3.8, 4) is 0 Å². The van der Waals surface area contributed by atoms with E-state index in [2.05, 4.69) is 0 Å². The molecule has 0 bridgehead atoms. The molecule has 1 aromatic carbocycles. The van der Waals surface area contributed by atoms with Gasteiger partial charge in [0.05, 0.1) is 6.42 Å². The van der Waals surface area contributed by atoms with Crippen molar-refractivity contribution in [2.24, 2.45) is 0 Å². The summed E-state index contributed by atoms with van der Waals surface area (Å²) in [7, 11) is 0. The molecule has 0 saturated carbocycles. The maximum absolute atomic E-state index is 11.8. The van der Waals surface area contributed by atoms with Gasteiger partial charge in [-0.2, -0.15) is 13.2 Å². The molecular weight excluding hydrogens is 275 g/mol. The second-order valence-electron chi connectivity index (χ2n) is 4.13. The Labute approximate surface area is 113 Å². The Kier molecular flexibility index (Phi) is 5.36. The highest BCUT2D eigenvalue weighted by Crippen LogP contribution is 2.11. The molecule has 0 saturated heterocycles. The number of hydrogen-bond acceptors (Lipinski definition) is 2. The largest absolute Gasteiger partial charge is 0.405 e. The molecule has 8 heteroatoms. The molecular formula is C12H14F3N3O2. The van der Waals surface area contributed by atoms with Crippen molar-refractivity contribution in [1.82, 2.24) is 16.2 Å². The molecule has 0 fully saturated rings. The van der Waals surface area contributed by atoms with Gasteiger partial charge in [0.1, 0.15) is 6.54 Å². The van der Waals surface area contributed by atoms with Crippen LogP contribution in [0.15, 0.2) is 24.3 Å². The van der Waals surface area contributed by atoms with Crippen LogP contribution in [0, 0.1) is 6.92 Å². The SMILES string of the molecule is Cc1ccc(CC(=O)NNC(=O)NCC(F)(F)F)cc1. The number of benzene rings is 1. The van der Waals surface area contributed by atoms with Gasteiger partial charge in [-0.1, -0.05) is 29.8 Å². The Bertz CT molecular complexity index is 472. The van der Waals surface area contributed by atoms with Crippen molar-refractivity contribution < 1.29 is 22.8 Å². The highest BCUT2D eigenvalue weighted by molar-refractivity contribution is 5.82. The zero-order valence-corrected chi connectivity index (χ0v) is 10.7. The zero-order chi connectivity index (χ0) is 15.2. The first-order valence-corrected chi connectivity index (χ1v) is 5.71. The topological polar surface area (TPSA) is 70.2 Å². The quantitative estimate of drug-likeness (QED) is 0.737. The molecule has 110 valence electrons. The second-order valence-corrected chi connectivity index (χ2v) is 4.13. The van der Waals surface area contributed by atoms with Crippen molar-refractivity contribution in [3.63, 3.8) is 0 Å². The van der Waals surface area contributed by atoms with Gasteiger partial charge in [0, 0.05) is 0 Å². The summed E-state index contributed by atoms with van der Waals surface area (Å²) in [6, 6.07) is 6.02. The normalized spacial score (nSPS) is 10.8. The monoisotopic (exact) mass is 289 g/mol. The molecule has 1 aromatic rings. The summed E-state index contributed by atoms with van der Waals surface area (Å²) in [6.45, 7) is 0.434. The van der Waals surface area contributed by atoms with Crippen LogP contribution >= 0.6 is 0 Å². The molecule has 0 radical (unpaired) electrons. The van der Waals surface area contributed by atoms with Crippen LogP contribution in [0.2, 0.25) is 0 Å². The molecule has 5 nitrogen and oxygen atoms in total. The lowest BCUT2D eigenvalue weighted by Gasteiger charge is -2.10.